The van der Waals surface area contributed by atoms with Gasteiger partial charge in [0.15, 0.2) is 0 Å². The van der Waals surface area contributed by atoms with E-state index in [9.17, 15) is 0 Å². The van der Waals surface area contributed by atoms with Gasteiger partial charge in [-0.2, -0.15) is 0 Å². The molecule has 0 saturated heterocycles. The van der Waals surface area contributed by atoms with Crippen molar-refractivity contribution in [3.63, 3.8) is 0 Å². The summed E-state index contributed by atoms with van der Waals surface area (Å²) in [6, 6.07) is 7.64. The molecule has 1 heteroatoms. The summed E-state index contributed by atoms with van der Waals surface area (Å²) in [6.45, 7) is 5.95. The summed E-state index contributed by atoms with van der Waals surface area (Å²) in [5.74, 6) is 1.80. The molecule has 1 fully saturated rings. The molecular weight excluding hydrogens is 242 g/mol. The molecule has 1 aromatic carbocycles. The third-order valence-electron chi connectivity index (χ3n) is 5.60. The van der Waals surface area contributed by atoms with Crippen LogP contribution in [0.4, 0.5) is 0 Å². The molecule has 3 rings (SSSR count). The lowest BCUT2D eigenvalue weighted by molar-refractivity contribution is 0.242. The van der Waals surface area contributed by atoms with Gasteiger partial charge in [-0.25, -0.2) is 0 Å². The van der Waals surface area contributed by atoms with E-state index < -0.39 is 0 Å². The second-order valence-corrected chi connectivity index (χ2v) is 7.03. The lowest BCUT2D eigenvalue weighted by Gasteiger charge is -2.30. The van der Waals surface area contributed by atoms with Crippen molar-refractivity contribution < 1.29 is 0 Å². The van der Waals surface area contributed by atoms with Crippen LogP contribution >= 0.6 is 0 Å². The van der Waals surface area contributed by atoms with Crippen molar-refractivity contribution in [2.75, 3.05) is 6.54 Å². The molecule has 110 valence electrons. The Morgan fingerprint density at radius 1 is 1.10 bits per heavy atom. The first-order valence-electron chi connectivity index (χ1n) is 8.59. The number of fused-ring (bicyclic) bond motifs is 1. The fourth-order valence-electron chi connectivity index (χ4n) is 4.00. The Labute approximate surface area is 124 Å². The highest BCUT2D eigenvalue weighted by Crippen LogP contribution is 2.30. The van der Waals surface area contributed by atoms with Crippen molar-refractivity contribution in [2.45, 2.75) is 64.8 Å². The third-order valence-corrected chi connectivity index (χ3v) is 5.60. The lowest BCUT2D eigenvalue weighted by atomic mass is 9.80. The van der Waals surface area contributed by atoms with Crippen LogP contribution in [0.5, 0.6) is 0 Å². The highest BCUT2D eigenvalue weighted by atomic mass is 14.9. The summed E-state index contributed by atoms with van der Waals surface area (Å²) >= 11 is 0. The van der Waals surface area contributed by atoms with Crippen LogP contribution in [0, 0.1) is 11.8 Å². The molecule has 0 heterocycles. The van der Waals surface area contributed by atoms with Crippen LogP contribution in [0.3, 0.4) is 0 Å². The maximum Gasteiger partial charge on any atom is 0.0292 e. The van der Waals surface area contributed by atoms with Gasteiger partial charge in [0, 0.05) is 6.04 Å². The lowest BCUT2D eigenvalue weighted by Crippen LogP contribution is -2.31. The van der Waals surface area contributed by atoms with Gasteiger partial charge in [-0.05, 0) is 67.7 Å². The molecule has 1 N–H and O–H groups in total. The zero-order valence-electron chi connectivity index (χ0n) is 13.1. The molecule has 1 saturated carbocycles. The van der Waals surface area contributed by atoms with Gasteiger partial charge in [0.25, 0.3) is 0 Å². The van der Waals surface area contributed by atoms with Crippen molar-refractivity contribution in [3.8, 4) is 0 Å². The topological polar surface area (TPSA) is 12.0 Å². The summed E-state index contributed by atoms with van der Waals surface area (Å²) in [5.41, 5.74) is 4.66. The normalized spacial score (nSPS) is 27.3. The minimum atomic E-state index is 0.495. The van der Waals surface area contributed by atoms with Gasteiger partial charge >= 0.3 is 0 Å². The van der Waals surface area contributed by atoms with Crippen molar-refractivity contribution in [2.24, 2.45) is 11.8 Å². The summed E-state index contributed by atoms with van der Waals surface area (Å²) in [4.78, 5) is 0. The number of hydrogen-bond donors (Lipinski definition) is 1. The van der Waals surface area contributed by atoms with E-state index in [2.05, 4.69) is 37.4 Å². The van der Waals surface area contributed by atoms with Crippen LogP contribution in [0.2, 0.25) is 0 Å². The summed E-state index contributed by atoms with van der Waals surface area (Å²) in [7, 11) is 0. The molecule has 0 aromatic heterocycles. The van der Waals surface area contributed by atoms with Crippen molar-refractivity contribution in [3.05, 3.63) is 34.9 Å². The first kappa shape index (κ1) is 14.1. The molecule has 1 aromatic rings. The summed E-state index contributed by atoms with van der Waals surface area (Å²) in [6.07, 6.45) is 9.65. The Hall–Kier alpha value is -0.820. The maximum atomic E-state index is 3.79. The third kappa shape index (κ3) is 3.09. The molecule has 3 unspecified atom stereocenters. The van der Waals surface area contributed by atoms with Crippen LogP contribution in [0.25, 0.3) is 0 Å². The second-order valence-electron chi connectivity index (χ2n) is 7.03. The molecule has 1 nitrogen and oxygen atoms in total. The molecule has 0 aliphatic heterocycles. The average molecular weight is 271 g/mol. The molecule has 0 bridgehead atoms. The van der Waals surface area contributed by atoms with Crippen molar-refractivity contribution >= 4 is 0 Å². The van der Waals surface area contributed by atoms with E-state index in [0.717, 1.165) is 11.8 Å². The Morgan fingerprint density at radius 2 is 1.90 bits per heavy atom. The number of hydrogen-bond acceptors (Lipinski definition) is 1. The van der Waals surface area contributed by atoms with E-state index in [1.165, 1.54) is 57.1 Å². The standard InChI is InChI=1S/C19H29N/c1-14-6-3-4-7-19(14)13-20-15(2)17-11-10-16-8-5-9-18(16)12-17/h10-12,14-15,19-20H,3-9,13H2,1-2H3. The SMILES string of the molecule is CC(NCC1CCCCC1C)c1ccc2c(c1)CCC2. The van der Waals surface area contributed by atoms with Crippen LogP contribution in [0.15, 0.2) is 18.2 Å². The largest absolute Gasteiger partial charge is 0.310 e. The number of nitrogens with one attached hydrogen (secondary N) is 1. The predicted octanol–water partition coefficient (Wildman–Crippen LogP) is 4.65. The maximum absolute atomic E-state index is 3.79. The fraction of sp³-hybridized carbons (Fsp3) is 0.684. The molecule has 0 amide bonds. The van der Waals surface area contributed by atoms with Gasteiger partial charge < -0.3 is 5.32 Å². The zero-order chi connectivity index (χ0) is 13.9. The predicted molar refractivity (Wildman–Crippen MR) is 86.0 cm³/mol. The van der Waals surface area contributed by atoms with Gasteiger partial charge in [-0.3, -0.25) is 0 Å². The second kappa shape index (κ2) is 6.30. The van der Waals surface area contributed by atoms with Crippen molar-refractivity contribution in [1.29, 1.82) is 0 Å². The van der Waals surface area contributed by atoms with Gasteiger partial charge in [0.05, 0.1) is 0 Å². The average Bonchev–Trinajstić information content (AvgIpc) is 2.93. The van der Waals surface area contributed by atoms with Gasteiger partial charge in [-0.15, -0.1) is 0 Å². The number of benzene rings is 1. The molecule has 2 aliphatic carbocycles. The van der Waals surface area contributed by atoms with E-state index >= 15 is 0 Å². The molecule has 20 heavy (non-hydrogen) atoms. The zero-order valence-corrected chi connectivity index (χ0v) is 13.1. The van der Waals surface area contributed by atoms with E-state index in [4.69, 9.17) is 0 Å². The van der Waals surface area contributed by atoms with Crippen LogP contribution < -0.4 is 5.32 Å². The quantitative estimate of drug-likeness (QED) is 0.840. The van der Waals surface area contributed by atoms with Crippen molar-refractivity contribution in [1.82, 2.24) is 5.32 Å². The van der Waals surface area contributed by atoms with Gasteiger partial charge in [0.1, 0.15) is 0 Å². The van der Waals surface area contributed by atoms with Crippen LogP contribution in [0.1, 0.15) is 68.7 Å². The van der Waals surface area contributed by atoms with E-state index in [1.54, 1.807) is 11.1 Å². The Morgan fingerprint density at radius 3 is 2.75 bits per heavy atom. The molecule has 0 spiro atoms. The highest BCUT2D eigenvalue weighted by Gasteiger charge is 2.21. The summed E-state index contributed by atoms with van der Waals surface area (Å²) in [5, 5.41) is 3.79. The van der Waals surface area contributed by atoms with Gasteiger partial charge in [-0.1, -0.05) is 44.4 Å². The van der Waals surface area contributed by atoms with Crippen LogP contribution in [-0.2, 0) is 12.8 Å². The fourth-order valence-corrected chi connectivity index (χ4v) is 4.00. The number of rotatable bonds is 4. The monoisotopic (exact) mass is 271 g/mol. The Bertz CT molecular complexity index is 451. The molecule has 3 atom stereocenters. The van der Waals surface area contributed by atoms with Gasteiger partial charge in [0.2, 0.25) is 0 Å². The minimum absolute atomic E-state index is 0.495. The van der Waals surface area contributed by atoms with E-state index in [-0.39, 0.29) is 0 Å². The molecule has 2 aliphatic rings. The van der Waals surface area contributed by atoms with E-state index in [1.807, 2.05) is 0 Å². The molecule has 0 radical (unpaired) electrons. The first-order valence-corrected chi connectivity index (χ1v) is 8.59. The summed E-state index contributed by atoms with van der Waals surface area (Å²) < 4.78 is 0. The smallest absolute Gasteiger partial charge is 0.0292 e. The van der Waals surface area contributed by atoms with Crippen LogP contribution in [-0.4, -0.2) is 6.54 Å². The van der Waals surface area contributed by atoms with E-state index in [0.29, 0.717) is 6.04 Å². The molecular formula is C19H29N. The number of aryl methyl sites for hydroxylation is 2. The minimum Gasteiger partial charge on any atom is -0.310 e. The Kier molecular flexibility index (Phi) is 4.45. The Balaban J connectivity index is 1.57. The first-order chi connectivity index (χ1) is 9.74. The highest BCUT2D eigenvalue weighted by molar-refractivity contribution is 5.36.